The van der Waals surface area contributed by atoms with Crippen molar-refractivity contribution in [3.05, 3.63) is 19.0 Å². The van der Waals surface area contributed by atoms with E-state index in [2.05, 4.69) is 16.8 Å². The van der Waals surface area contributed by atoms with Crippen molar-refractivity contribution >= 4 is 17.3 Å². The predicted molar refractivity (Wildman–Crippen MR) is 36.2 cm³/mol. The summed E-state index contributed by atoms with van der Waals surface area (Å²) in [6.45, 7) is 3.54. The zero-order valence-electron chi connectivity index (χ0n) is 5.19. The summed E-state index contributed by atoms with van der Waals surface area (Å²) in [4.78, 5) is 0. The minimum absolute atomic E-state index is 0.542. The van der Waals surface area contributed by atoms with E-state index in [1.807, 2.05) is 0 Å². The third kappa shape index (κ3) is 0.556. The van der Waals surface area contributed by atoms with Crippen LogP contribution in [-0.2, 0) is 0 Å². The van der Waals surface area contributed by atoms with Crippen LogP contribution in [0.1, 0.15) is 0 Å². The Hall–Kier alpha value is -1.58. The highest BCUT2D eigenvalue weighted by Gasteiger charge is 2.00. The Kier molecular flexibility index (Phi) is 0.887. The van der Waals surface area contributed by atoms with Gasteiger partial charge in [0, 0.05) is 12.4 Å². The number of hydrogen-bond acceptors (Lipinski definition) is 3. The Morgan fingerprint density at radius 3 is 3.30 bits per heavy atom. The van der Waals surface area contributed by atoms with Crippen LogP contribution in [0.2, 0.25) is 0 Å². The molecule has 4 nitrogen and oxygen atoms in total. The molecule has 0 fully saturated rings. The lowest BCUT2D eigenvalue weighted by Gasteiger charge is -1.81. The second-order valence-electron chi connectivity index (χ2n) is 1.88. The van der Waals surface area contributed by atoms with Crippen molar-refractivity contribution < 1.29 is 4.52 Å². The molecule has 0 saturated heterocycles. The van der Waals surface area contributed by atoms with E-state index in [0.29, 0.717) is 5.71 Å². The largest absolute Gasteiger partial charge is 0.334 e. The maximum atomic E-state index is 4.77. The third-order valence-corrected chi connectivity index (χ3v) is 1.24. The van der Waals surface area contributed by atoms with Crippen molar-refractivity contribution in [3.8, 4) is 0 Å². The van der Waals surface area contributed by atoms with Crippen molar-refractivity contribution in [2.24, 2.45) is 0 Å². The molecule has 4 heteroatoms. The molecule has 0 amide bonds. The molecule has 0 unspecified atom stereocenters. The predicted octanol–water partition coefficient (Wildman–Crippen LogP) is 1.12. The van der Waals surface area contributed by atoms with E-state index < -0.39 is 0 Å². The number of rotatable bonds is 1. The molecule has 0 saturated carbocycles. The fourth-order valence-corrected chi connectivity index (χ4v) is 0.775. The van der Waals surface area contributed by atoms with E-state index in [1.54, 1.807) is 23.3 Å². The Labute approximate surface area is 56.7 Å². The summed E-state index contributed by atoms with van der Waals surface area (Å²) in [5.74, 6) is 0. The van der Waals surface area contributed by atoms with E-state index in [9.17, 15) is 0 Å². The molecule has 2 aromatic heterocycles. The van der Waals surface area contributed by atoms with Gasteiger partial charge in [0.1, 0.15) is 0 Å². The van der Waals surface area contributed by atoms with Crippen LogP contribution < -0.4 is 0 Å². The monoisotopic (exact) mass is 135 g/mol. The van der Waals surface area contributed by atoms with E-state index in [4.69, 9.17) is 4.52 Å². The standard InChI is InChI=1S/C6H5N3O/c1-2-9-4-5-3-7-10-6(5)8-9/h2-4H,1H2. The number of aromatic nitrogens is 3. The first kappa shape index (κ1) is 5.22. The number of nitrogens with zero attached hydrogens (tertiary/aromatic N) is 3. The molecule has 0 aromatic carbocycles. The molecule has 50 valence electrons. The van der Waals surface area contributed by atoms with Crippen LogP contribution in [0.4, 0.5) is 0 Å². The van der Waals surface area contributed by atoms with E-state index in [1.165, 1.54) is 0 Å². The molecule has 0 atom stereocenters. The third-order valence-electron chi connectivity index (χ3n) is 1.24. The smallest absolute Gasteiger partial charge is 0.276 e. The first-order chi connectivity index (χ1) is 4.90. The minimum atomic E-state index is 0.542. The van der Waals surface area contributed by atoms with Crippen molar-refractivity contribution in [1.29, 1.82) is 0 Å². The van der Waals surface area contributed by atoms with Crippen molar-refractivity contribution in [3.63, 3.8) is 0 Å². The summed E-state index contributed by atoms with van der Waals surface area (Å²) < 4.78 is 6.35. The van der Waals surface area contributed by atoms with Crippen LogP contribution in [0.15, 0.2) is 23.5 Å². The van der Waals surface area contributed by atoms with Gasteiger partial charge in [-0.3, -0.25) is 0 Å². The van der Waals surface area contributed by atoms with Crippen LogP contribution >= 0.6 is 0 Å². The lowest BCUT2D eigenvalue weighted by atomic mass is 10.5. The minimum Gasteiger partial charge on any atom is -0.334 e. The summed E-state index contributed by atoms with van der Waals surface area (Å²) in [7, 11) is 0. The summed E-state index contributed by atoms with van der Waals surface area (Å²) in [5.41, 5.74) is 0.542. The van der Waals surface area contributed by atoms with E-state index in [0.717, 1.165) is 5.39 Å². The zero-order chi connectivity index (χ0) is 6.97. The van der Waals surface area contributed by atoms with Crippen molar-refractivity contribution in [2.45, 2.75) is 0 Å². The molecule has 0 aliphatic heterocycles. The van der Waals surface area contributed by atoms with Gasteiger partial charge in [0.15, 0.2) is 0 Å². The lowest BCUT2D eigenvalue weighted by molar-refractivity contribution is 0.445. The fourth-order valence-electron chi connectivity index (χ4n) is 0.775. The SMILES string of the molecule is C=Cn1cc2cnoc2n1. The molecule has 0 aliphatic rings. The average Bonchev–Trinajstić information content (AvgIpc) is 2.42. The summed E-state index contributed by atoms with van der Waals surface area (Å²) in [6, 6.07) is 0. The van der Waals surface area contributed by atoms with Gasteiger partial charge in [-0.2, -0.15) is 0 Å². The Balaban J connectivity index is 2.78. The van der Waals surface area contributed by atoms with Gasteiger partial charge in [0.25, 0.3) is 5.71 Å². The van der Waals surface area contributed by atoms with Crippen LogP contribution in [0, 0.1) is 0 Å². The van der Waals surface area contributed by atoms with Crippen LogP contribution in [0.5, 0.6) is 0 Å². The second-order valence-corrected chi connectivity index (χ2v) is 1.88. The highest BCUT2D eigenvalue weighted by molar-refractivity contribution is 5.71. The summed E-state index contributed by atoms with van der Waals surface area (Å²) in [6.07, 6.45) is 5.00. The molecule has 0 spiro atoms. The van der Waals surface area contributed by atoms with Crippen LogP contribution in [0.25, 0.3) is 17.3 Å². The highest BCUT2D eigenvalue weighted by atomic mass is 16.5. The maximum Gasteiger partial charge on any atom is 0.276 e. The molecule has 10 heavy (non-hydrogen) atoms. The van der Waals surface area contributed by atoms with Crippen molar-refractivity contribution in [1.82, 2.24) is 14.9 Å². The first-order valence-electron chi connectivity index (χ1n) is 2.82. The molecule has 0 N–H and O–H groups in total. The van der Waals surface area contributed by atoms with Crippen LogP contribution in [0.3, 0.4) is 0 Å². The molecule has 2 heterocycles. The van der Waals surface area contributed by atoms with Crippen LogP contribution in [-0.4, -0.2) is 14.9 Å². The van der Waals surface area contributed by atoms with Gasteiger partial charge in [0.2, 0.25) is 0 Å². The van der Waals surface area contributed by atoms with E-state index >= 15 is 0 Å². The zero-order valence-corrected chi connectivity index (χ0v) is 5.19. The maximum absolute atomic E-state index is 4.77. The average molecular weight is 135 g/mol. The van der Waals surface area contributed by atoms with Gasteiger partial charge in [-0.15, -0.1) is 5.10 Å². The normalized spacial score (nSPS) is 10.4. The van der Waals surface area contributed by atoms with Gasteiger partial charge < -0.3 is 4.52 Å². The fraction of sp³-hybridized carbons (Fsp3) is 0. The van der Waals surface area contributed by atoms with Gasteiger partial charge in [-0.25, -0.2) is 4.68 Å². The lowest BCUT2D eigenvalue weighted by Crippen LogP contribution is -1.82. The Bertz CT molecular complexity index is 331. The quantitative estimate of drug-likeness (QED) is 0.588. The molecule has 2 rings (SSSR count). The van der Waals surface area contributed by atoms with Gasteiger partial charge in [-0.05, 0) is 0 Å². The highest BCUT2D eigenvalue weighted by Crippen LogP contribution is 2.09. The Morgan fingerprint density at radius 1 is 1.70 bits per heavy atom. The molecule has 0 bridgehead atoms. The number of fused-ring (bicyclic) bond motifs is 1. The molecular formula is C6H5N3O. The summed E-state index contributed by atoms with van der Waals surface area (Å²) in [5, 5.41) is 8.40. The van der Waals surface area contributed by atoms with E-state index in [-0.39, 0.29) is 0 Å². The number of hydrogen-bond donors (Lipinski definition) is 0. The molecule has 0 radical (unpaired) electrons. The molecular weight excluding hydrogens is 130 g/mol. The molecule has 0 aliphatic carbocycles. The second kappa shape index (κ2) is 1.70. The van der Waals surface area contributed by atoms with Gasteiger partial charge >= 0.3 is 0 Å². The van der Waals surface area contributed by atoms with Gasteiger partial charge in [0.05, 0.1) is 11.6 Å². The topological polar surface area (TPSA) is 43.9 Å². The Morgan fingerprint density at radius 2 is 2.60 bits per heavy atom. The first-order valence-corrected chi connectivity index (χ1v) is 2.82. The summed E-state index contributed by atoms with van der Waals surface area (Å²) >= 11 is 0. The van der Waals surface area contributed by atoms with Gasteiger partial charge in [-0.1, -0.05) is 11.7 Å². The molecule has 2 aromatic rings. The van der Waals surface area contributed by atoms with Crippen molar-refractivity contribution in [2.75, 3.05) is 0 Å².